The van der Waals surface area contributed by atoms with E-state index in [9.17, 15) is 15.0 Å². The first-order valence-electron chi connectivity index (χ1n) is 7.77. The van der Waals surface area contributed by atoms with Gasteiger partial charge in [0.15, 0.2) is 0 Å². The molecule has 1 aliphatic carbocycles. The lowest BCUT2D eigenvalue weighted by molar-refractivity contribution is -0.118. The van der Waals surface area contributed by atoms with Gasteiger partial charge in [-0.3, -0.25) is 4.79 Å². The summed E-state index contributed by atoms with van der Waals surface area (Å²) in [4.78, 5) is 11.4. The van der Waals surface area contributed by atoms with Crippen molar-refractivity contribution in [2.24, 2.45) is 0 Å². The van der Waals surface area contributed by atoms with Gasteiger partial charge in [0.2, 0.25) is 5.91 Å². The van der Waals surface area contributed by atoms with Crippen molar-refractivity contribution in [2.45, 2.75) is 25.5 Å². The third-order valence-electron chi connectivity index (χ3n) is 3.30. The standard InChI is InChI=1S/C15H19NO4/c1-9(17)16-6-5-10-7-14(18)15(19)12-4-3-11(20-2)8-13(10)12/h3-4,7-8,14-15,18-19H,5-6H2,1-2H3,(H,16,17)/i1D3. The number of carbonyl (C=O) groups is 1. The van der Waals surface area contributed by atoms with Crippen molar-refractivity contribution in [1.82, 2.24) is 5.32 Å². The molecular formula is C15H19NO4. The predicted molar refractivity (Wildman–Crippen MR) is 75.2 cm³/mol. The Morgan fingerprint density at radius 3 is 3.00 bits per heavy atom. The van der Waals surface area contributed by atoms with E-state index in [0.717, 1.165) is 0 Å². The molecule has 3 N–H and O–H groups in total. The number of fused-ring (bicyclic) bond motifs is 1. The average Bonchev–Trinajstić information content (AvgIpc) is 2.50. The van der Waals surface area contributed by atoms with Gasteiger partial charge in [-0.05, 0) is 41.3 Å². The van der Waals surface area contributed by atoms with Gasteiger partial charge >= 0.3 is 0 Å². The Morgan fingerprint density at radius 1 is 1.50 bits per heavy atom. The van der Waals surface area contributed by atoms with Gasteiger partial charge in [0.25, 0.3) is 0 Å². The highest BCUT2D eigenvalue weighted by Crippen LogP contribution is 2.36. The fourth-order valence-electron chi connectivity index (χ4n) is 2.30. The molecule has 0 aromatic heterocycles. The summed E-state index contributed by atoms with van der Waals surface area (Å²) in [7, 11) is 1.52. The van der Waals surface area contributed by atoms with Crippen molar-refractivity contribution in [3.63, 3.8) is 0 Å². The highest BCUT2D eigenvalue weighted by atomic mass is 16.5. The molecule has 1 amide bonds. The highest BCUT2D eigenvalue weighted by Gasteiger charge is 2.26. The van der Waals surface area contributed by atoms with E-state index in [1.54, 1.807) is 18.2 Å². The molecule has 0 heterocycles. The van der Waals surface area contributed by atoms with E-state index in [4.69, 9.17) is 8.85 Å². The van der Waals surface area contributed by atoms with Gasteiger partial charge in [0.1, 0.15) is 18.0 Å². The number of rotatable bonds is 4. The van der Waals surface area contributed by atoms with E-state index in [1.165, 1.54) is 13.2 Å². The summed E-state index contributed by atoms with van der Waals surface area (Å²) in [6.07, 6.45) is -0.250. The largest absolute Gasteiger partial charge is 0.497 e. The molecule has 2 rings (SSSR count). The van der Waals surface area contributed by atoms with Crippen molar-refractivity contribution >= 4 is 11.5 Å². The molecule has 108 valence electrons. The van der Waals surface area contributed by atoms with Crippen LogP contribution in [0.1, 0.15) is 34.6 Å². The molecule has 0 radical (unpaired) electrons. The molecule has 0 saturated heterocycles. The monoisotopic (exact) mass is 280 g/mol. The van der Waals surface area contributed by atoms with Gasteiger partial charge in [-0.1, -0.05) is 6.07 Å². The second kappa shape index (κ2) is 6.07. The SMILES string of the molecule is [2H]C([2H])([2H])C(=O)NCCC1=CC(O)C(O)c2ccc(OC)cc21. The Kier molecular flexibility index (Phi) is 3.30. The van der Waals surface area contributed by atoms with Gasteiger partial charge in [0, 0.05) is 17.5 Å². The van der Waals surface area contributed by atoms with Crippen LogP contribution in [0.25, 0.3) is 5.57 Å². The number of aliphatic hydroxyl groups excluding tert-OH is 2. The Balaban J connectivity index is 2.16. The van der Waals surface area contributed by atoms with Crippen molar-refractivity contribution < 1.29 is 23.9 Å². The summed E-state index contributed by atoms with van der Waals surface area (Å²) >= 11 is 0. The predicted octanol–water partition coefficient (Wildman–Crippen LogP) is 1.01. The van der Waals surface area contributed by atoms with E-state index in [-0.39, 0.29) is 6.54 Å². The summed E-state index contributed by atoms with van der Waals surface area (Å²) in [6, 6.07) is 5.10. The number of nitrogens with one attached hydrogen (secondary N) is 1. The summed E-state index contributed by atoms with van der Waals surface area (Å²) in [5.74, 6) is -0.412. The van der Waals surface area contributed by atoms with E-state index in [2.05, 4.69) is 5.32 Å². The quantitative estimate of drug-likeness (QED) is 0.769. The third kappa shape index (κ3) is 3.00. The van der Waals surface area contributed by atoms with Crippen molar-refractivity contribution in [3.05, 3.63) is 35.4 Å². The minimum Gasteiger partial charge on any atom is -0.497 e. The number of amides is 1. The Bertz CT molecular complexity index is 628. The van der Waals surface area contributed by atoms with E-state index >= 15 is 0 Å². The van der Waals surface area contributed by atoms with Crippen LogP contribution in [-0.2, 0) is 4.79 Å². The van der Waals surface area contributed by atoms with Crippen molar-refractivity contribution in [3.8, 4) is 5.75 Å². The first kappa shape index (κ1) is 10.9. The lowest BCUT2D eigenvalue weighted by Gasteiger charge is -2.26. The Labute approximate surface area is 122 Å². The number of methoxy groups -OCH3 is 1. The van der Waals surface area contributed by atoms with Crippen molar-refractivity contribution in [1.29, 1.82) is 0 Å². The summed E-state index contributed by atoms with van der Waals surface area (Å²) < 4.78 is 26.2. The smallest absolute Gasteiger partial charge is 0.216 e. The number of aliphatic hydroxyl groups is 2. The molecule has 1 aromatic carbocycles. The molecule has 0 fully saturated rings. The first-order chi connectivity index (χ1) is 10.7. The normalized spacial score (nSPS) is 23.8. The fraction of sp³-hybridized carbons (Fsp3) is 0.400. The second-order valence-corrected chi connectivity index (χ2v) is 4.59. The maximum Gasteiger partial charge on any atom is 0.216 e. The van der Waals surface area contributed by atoms with Gasteiger partial charge in [-0.2, -0.15) is 0 Å². The zero-order valence-electron chi connectivity index (χ0n) is 14.1. The van der Waals surface area contributed by atoms with Gasteiger partial charge in [-0.25, -0.2) is 0 Å². The van der Waals surface area contributed by atoms with Gasteiger partial charge in [0.05, 0.1) is 7.11 Å². The number of hydrogen-bond acceptors (Lipinski definition) is 4. The molecule has 5 nitrogen and oxygen atoms in total. The molecule has 20 heavy (non-hydrogen) atoms. The van der Waals surface area contributed by atoms with E-state index in [0.29, 0.717) is 28.9 Å². The van der Waals surface area contributed by atoms with Gasteiger partial charge in [-0.15, -0.1) is 0 Å². The molecule has 0 saturated carbocycles. The third-order valence-corrected chi connectivity index (χ3v) is 3.30. The summed E-state index contributed by atoms with van der Waals surface area (Å²) in [6.45, 7) is -2.57. The maximum absolute atomic E-state index is 11.4. The molecule has 2 unspecified atom stereocenters. The lowest BCUT2D eigenvalue weighted by atomic mass is 9.85. The van der Waals surface area contributed by atoms with E-state index < -0.39 is 25.0 Å². The average molecular weight is 280 g/mol. The van der Waals surface area contributed by atoms with Crippen LogP contribution in [0.4, 0.5) is 0 Å². The minimum absolute atomic E-state index is 0.114. The Morgan fingerprint density at radius 2 is 2.30 bits per heavy atom. The van der Waals surface area contributed by atoms with Crippen LogP contribution >= 0.6 is 0 Å². The number of ether oxygens (including phenoxy) is 1. The van der Waals surface area contributed by atoms with Crippen molar-refractivity contribution in [2.75, 3.05) is 13.7 Å². The van der Waals surface area contributed by atoms with Gasteiger partial charge < -0.3 is 20.3 Å². The maximum atomic E-state index is 11.4. The topological polar surface area (TPSA) is 78.8 Å². The van der Waals surface area contributed by atoms with Crippen LogP contribution in [0.2, 0.25) is 0 Å². The lowest BCUT2D eigenvalue weighted by Crippen LogP contribution is -2.24. The molecule has 1 aliphatic rings. The minimum atomic E-state index is -2.68. The number of hydrogen-bond donors (Lipinski definition) is 3. The van der Waals surface area contributed by atoms with Crippen LogP contribution in [0.15, 0.2) is 24.3 Å². The molecule has 5 heteroatoms. The molecule has 0 bridgehead atoms. The van der Waals surface area contributed by atoms with Crippen LogP contribution in [0, 0.1) is 0 Å². The molecular weight excluding hydrogens is 258 g/mol. The zero-order valence-corrected chi connectivity index (χ0v) is 11.1. The summed E-state index contributed by atoms with van der Waals surface area (Å²) in [5.41, 5.74) is 1.99. The number of benzene rings is 1. The molecule has 1 aromatic rings. The number of carbonyl (C=O) groups excluding carboxylic acids is 1. The molecule has 0 aliphatic heterocycles. The fourth-order valence-corrected chi connectivity index (χ4v) is 2.30. The Hall–Kier alpha value is -1.85. The first-order valence-corrected chi connectivity index (χ1v) is 6.27. The molecule has 0 spiro atoms. The zero-order chi connectivity index (χ0) is 17.2. The second-order valence-electron chi connectivity index (χ2n) is 4.59. The van der Waals surface area contributed by atoms with E-state index in [1.807, 2.05) is 0 Å². The molecule has 2 atom stereocenters. The van der Waals surface area contributed by atoms with Crippen LogP contribution < -0.4 is 10.1 Å². The van der Waals surface area contributed by atoms with Crippen LogP contribution in [0.3, 0.4) is 0 Å². The van der Waals surface area contributed by atoms with Crippen LogP contribution in [-0.4, -0.2) is 35.9 Å². The summed E-state index contributed by atoms with van der Waals surface area (Å²) in [5, 5.41) is 22.3. The van der Waals surface area contributed by atoms with Crippen LogP contribution in [0.5, 0.6) is 5.75 Å². The highest BCUT2D eigenvalue weighted by molar-refractivity contribution is 5.75.